The summed E-state index contributed by atoms with van der Waals surface area (Å²) in [6.07, 6.45) is 3.83. The largest absolute Gasteiger partial charge is 0.486 e. The van der Waals surface area contributed by atoms with Gasteiger partial charge in [0.2, 0.25) is 0 Å². The van der Waals surface area contributed by atoms with Gasteiger partial charge in [0.15, 0.2) is 11.5 Å². The maximum Gasteiger partial charge on any atom is 0.253 e. The van der Waals surface area contributed by atoms with E-state index in [-0.39, 0.29) is 12.0 Å². The second-order valence-corrected chi connectivity index (χ2v) is 8.17. The molecule has 2 aromatic rings. The third-order valence-electron chi connectivity index (χ3n) is 5.60. The number of hydrogen-bond donors (Lipinski definition) is 1. The summed E-state index contributed by atoms with van der Waals surface area (Å²) >= 11 is 6.05. The molecule has 2 aliphatic rings. The van der Waals surface area contributed by atoms with E-state index in [9.17, 15) is 4.79 Å². The van der Waals surface area contributed by atoms with Gasteiger partial charge < -0.3 is 14.8 Å². The highest BCUT2D eigenvalue weighted by Gasteiger charge is 2.26. The number of fused-ring (bicyclic) bond motifs is 1. The van der Waals surface area contributed by atoms with Crippen LogP contribution in [0.15, 0.2) is 36.5 Å². The molecule has 1 amide bonds. The molecule has 0 saturated carbocycles. The Labute approximate surface area is 176 Å². The van der Waals surface area contributed by atoms with Crippen LogP contribution >= 0.6 is 11.6 Å². The van der Waals surface area contributed by atoms with E-state index < -0.39 is 0 Å². The second kappa shape index (κ2) is 9.01. The summed E-state index contributed by atoms with van der Waals surface area (Å²) in [4.78, 5) is 19.0. The molecule has 0 unspecified atom stereocenters. The number of nitrogens with zero attached hydrogens (tertiary/aromatic N) is 2. The lowest BCUT2D eigenvalue weighted by Gasteiger charge is -2.35. The lowest BCUT2D eigenvalue weighted by atomic mass is 9.96. The maximum absolute atomic E-state index is 12.4. The van der Waals surface area contributed by atoms with E-state index in [4.69, 9.17) is 21.1 Å². The Morgan fingerprint density at radius 1 is 1.28 bits per heavy atom. The van der Waals surface area contributed by atoms with Gasteiger partial charge in [-0.3, -0.25) is 14.7 Å². The standard InChI is InChI=1S/C22H26ClN3O3/c1-15-19(3-2-8-24-15)22(27)25-12-16-6-9-26(10-7-16)13-18-14-28-20-5-4-17(23)11-21(20)29-18/h2-5,8,11,16,18H,6-7,9-10,12-14H2,1H3,(H,25,27)/t18-/m0/s1. The van der Waals surface area contributed by atoms with E-state index in [1.165, 1.54) is 0 Å². The molecule has 154 valence electrons. The molecular weight excluding hydrogens is 390 g/mol. The van der Waals surface area contributed by atoms with Crippen LogP contribution in [0.25, 0.3) is 0 Å². The van der Waals surface area contributed by atoms with Crippen molar-refractivity contribution in [3.8, 4) is 11.5 Å². The van der Waals surface area contributed by atoms with Crippen molar-refractivity contribution in [1.29, 1.82) is 0 Å². The van der Waals surface area contributed by atoms with Crippen LogP contribution in [0.2, 0.25) is 5.02 Å². The first-order valence-electron chi connectivity index (χ1n) is 10.1. The Morgan fingerprint density at radius 2 is 2.10 bits per heavy atom. The number of pyridine rings is 1. The molecular formula is C22H26ClN3O3. The summed E-state index contributed by atoms with van der Waals surface area (Å²) < 4.78 is 11.9. The number of carbonyl (C=O) groups excluding carboxylic acids is 1. The minimum Gasteiger partial charge on any atom is -0.486 e. The molecule has 3 heterocycles. The minimum absolute atomic E-state index is 0.00535. The zero-order valence-corrected chi connectivity index (χ0v) is 17.3. The topological polar surface area (TPSA) is 63.7 Å². The number of nitrogens with one attached hydrogen (secondary N) is 1. The third kappa shape index (κ3) is 5.00. The van der Waals surface area contributed by atoms with Gasteiger partial charge in [-0.15, -0.1) is 0 Å². The number of aryl methyl sites for hydroxylation is 1. The molecule has 0 bridgehead atoms. The Hall–Kier alpha value is -2.31. The van der Waals surface area contributed by atoms with Gasteiger partial charge in [-0.2, -0.15) is 0 Å². The molecule has 1 aromatic carbocycles. The molecule has 1 saturated heterocycles. The van der Waals surface area contributed by atoms with Crippen molar-refractivity contribution >= 4 is 17.5 Å². The summed E-state index contributed by atoms with van der Waals surface area (Å²) in [6.45, 7) is 5.94. The number of aromatic nitrogens is 1. The summed E-state index contributed by atoms with van der Waals surface area (Å²) in [7, 11) is 0. The fourth-order valence-corrected chi connectivity index (χ4v) is 4.06. The monoisotopic (exact) mass is 415 g/mol. The first-order chi connectivity index (χ1) is 14.1. The number of piperidine rings is 1. The van der Waals surface area contributed by atoms with Gasteiger partial charge in [-0.1, -0.05) is 11.6 Å². The molecule has 6 nitrogen and oxygen atoms in total. The Morgan fingerprint density at radius 3 is 2.90 bits per heavy atom. The van der Waals surface area contributed by atoms with E-state index in [0.717, 1.165) is 49.7 Å². The lowest BCUT2D eigenvalue weighted by Crippen LogP contribution is -2.45. The zero-order chi connectivity index (χ0) is 20.2. The van der Waals surface area contributed by atoms with Gasteiger partial charge >= 0.3 is 0 Å². The summed E-state index contributed by atoms with van der Waals surface area (Å²) in [5.74, 6) is 1.93. The first-order valence-corrected chi connectivity index (χ1v) is 10.5. The van der Waals surface area contributed by atoms with Gasteiger partial charge in [0.25, 0.3) is 5.91 Å². The molecule has 7 heteroatoms. The van der Waals surface area contributed by atoms with E-state index >= 15 is 0 Å². The van der Waals surface area contributed by atoms with Crippen molar-refractivity contribution in [3.63, 3.8) is 0 Å². The smallest absolute Gasteiger partial charge is 0.253 e. The van der Waals surface area contributed by atoms with Crippen molar-refractivity contribution in [2.75, 3.05) is 32.8 Å². The molecule has 1 N–H and O–H groups in total. The first kappa shape index (κ1) is 20.0. The molecule has 0 spiro atoms. The number of likely N-dealkylation sites (tertiary alicyclic amines) is 1. The molecule has 2 aliphatic heterocycles. The van der Waals surface area contributed by atoms with E-state index in [1.807, 2.05) is 31.2 Å². The predicted molar refractivity (Wildman–Crippen MR) is 112 cm³/mol. The highest BCUT2D eigenvalue weighted by atomic mass is 35.5. The summed E-state index contributed by atoms with van der Waals surface area (Å²) in [5, 5.41) is 3.72. The van der Waals surface area contributed by atoms with E-state index in [1.54, 1.807) is 12.3 Å². The summed E-state index contributed by atoms with van der Waals surface area (Å²) in [6, 6.07) is 9.08. The van der Waals surface area contributed by atoms with Crippen molar-refractivity contribution in [3.05, 3.63) is 52.8 Å². The van der Waals surface area contributed by atoms with Crippen LogP contribution in [0, 0.1) is 12.8 Å². The van der Waals surface area contributed by atoms with Crippen LogP contribution in [0.1, 0.15) is 28.9 Å². The maximum atomic E-state index is 12.4. The number of carbonyl (C=O) groups is 1. The van der Waals surface area contributed by atoms with Crippen molar-refractivity contribution in [2.24, 2.45) is 5.92 Å². The average Bonchev–Trinajstić information content (AvgIpc) is 2.73. The second-order valence-electron chi connectivity index (χ2n) is 7.73. The Balaban J connectivity index is 1.21. The molecule has 4 rings (SSSR count). The van der Waals surface area contributed by atoms with Gasteiger partial charge in [0.05, 0.1) is 5.56 Å². The lowest BCUT2D eigenvalue weighted by molar-refractivity contribution is 0.0476. The predicted octanol–water partition coefficient (Wildman–Crippen LogP) is 3.33. The van der Waals surface area contributed by atoms with Gasteiger partial charge in [-0.25, -0.2) is 0 Å². The van der Waals surface area contributed by atoms with Gasteiger partial charge in [0.1, 0.15) is 12.7 Å². The van der Waals surface area contributed by atoms with E-state index in [2.05, 4.69) is 15.2 Å². The fourth-order valence-electron chi connectivity index (χ4n) is 3.90. The van der Waals surface area contributed by atoms with Crippen LogP contribution in [0.3, 0.4) is 0 Å². The van der Waals surface area contributed by atoms with Crippen LogP contribution in [0.4, 0.5) is 0 Å². The van der Waals surface area contributed by atoms with Crippen molar-refractivity contribution < 1.29 is 14.3 Å². The molecule has 0 aliphatic carbocycles. The van der Waals surface area contributed by atoms with Crippen LogP contribution in [0.5, 0.6) is 11.5 Å². The number of hydrogen-bond acceptors (Lipinski definition) is 5. The van der Waals surface area contributed by atoms with Gasteiger partial charge in [-0.05, 0) is 63.0 Å². The van der Waals surface area contributed by atoms with Crippen molar-refractivity contribution in [2.45, 2.75) is 25.9 Å². The SMILES string of the molecule is Cc1ncccc1C(=O)NCC1CCN(C[C@H]2COc3ccc(Cl)cc3O2)CC1. The summed E-state index contributed by atoms with van der Waals surface area (Å²) in [5.41, 5.74) is 1.41. The number of rotatable bonds is 5. The number of ether oxygens (including phenoxy) is 2. The highest BCUT2D eigenvalue weighted by Crippen LogP contribution is 2.34. The molecule has 1 fully saturated rings. The van der Waals surface area contributed by atoms with Crippen LogP contribution < -0.4 is 14.8 Å². The van der Waals surface area contributed by atoms with E-state index in [0.29, 0.717) is 29.7 Å². The average molecular weight is 416 g/mol. The van der Waals surface area contributed by atoms with Crippen LogP contribution in [-0.4, -0.2) is 54.7 Å². The highest BCUT2D eigenvalue weighted by molar-refractivity contribution is 6.30. The number of amides is 1. The Kier molecular flexibility index (Phi) is 6.21. The third-order valence-corrected chi connectivity index (χ3v) is 5.83. The fraction of sp³-hybridized carbons (Fsp3) is 0.455. The van der Waals surface area contributed by atoms with Gasteiger partial charge in [0, 0.05) is 36.1 Å². The van der Waals surface area contributed by atoms with Crippen LogP contribution in [-0.2, 0) is 0 Å². The Bertz CT molecular complexity index is 868. The number of benzene rings is 1. The number of halogens is 1. The molecule has 1 atom stereocenters. The molecule has 29 heavy (non-hydrogen) atoms. The zero-order valence-electron chi connectivity index (χ0n) is 16.6. The minimum atomic E-state index is -0.0388. The normalized spacial score (nSPS) is 19.7. The quantitative estimate of drug-likeness (QED) is 0.811. The molecule has 1 aromatic heterocycles. The van der Waals surface area contributed by atoms with Crippen molar-refractivity contribution in [1.82, 2.24) is 15.2 Å². The molecule has 0 radical (unpaired) electrons.